The number of thiophene rings is 1. The molecular formula is C13H15N3O2S2. The number of nitrogens with zero attached hydrogens (tertiary/aromatic N) is 2. The Balaban J connectivity index is 2.49. The number of aliphatic imine (C=N–C) groups is 1. The molecule has 1 N–H and O–H groups in total. The molecule has 0 saturated heterocycles. The Morgan fingerprint density at radius 3 is 2.90 bits per heavy atom. The van der Waals surface area contributed by atoms with Crippen LogP contribution in [0, 0.1) is 11.5 Å². The Morgan fingerprint density at radius 2 is 2.25 bits per heavy atom. The van der Waals surface area contributed by atoms with E-state index in [4.69, 9.17) is 10.00 Å². The van der Waals surface area contributed by atoms with E-state index in [2.05, 4.69) is 10.3 Å². The normalized spacial score (nSPS) is 14.3. The number of hydrogen-bond donors (Lipinski definition) is 1. The van der Waals surface area contributed by atoms with Gasteiger partial charge >= 0.3 is 5.97 Å². The number of nitrogens with one attached hydrogen (secondary N) is 1. The van der Waals surface area contributed by atoms with E-state index < -0.39 is 0 Å². The minimum absolute atomic E-state index is 0.347. The van der Waals surface area contributed by atoms with E-state index >= 15 is 0 Å². The number of nitriles is 1. The SMILES string of the molecule is COC(=O)c1c(/N=C(\NC#N)SC)sc2c1CCCC2. The zero-order valence-electron chi connectivity index (χ0n) is 11.4. The quantitative estimate of drug-likeness (QED) is 0.299. The Hall–Kier alpha value is -1.52. The summed E-state index contributed by atoms with van der Waals surface area (Å²) in [6.07, 6.45) is 7.79. The Bertz CT molecular complexity index is 587. The van der Waals surface area contributed by atoms with Gasteiger partial charge in [0.05, 0.1) is 12.7 Å². The first-order chi connectivity index (χ1) is 9.71. The average Bonchev–Trinajstić information content (AvgIpc) is 2.83. The Kier molecular flexibility index (Phi) is 5.04. The molecule has 0 aliphatic heterocycles. The van der Waals surface area contributed by atoms with Gasteiger partial charge in [0.25, 0.3) is 0 Å². The van der Waals surface area contributed by atoms with Crippen molar-refractivity contribution in [3.8, 4) is 6.19 Å². The molecule has 0 saturated carbocycles. The maximum absolute atomic E-state index is 12.0. The molecule has 20 heavy (non-hydrogen) atoms. The van der Waals surface area contributed by atoms with Gasteiger partial charge in [0.15, 0.2) is 11.4 Å². The summed E-state index contributed by atoms with van der Waals surface area (Å²) in [6.45, 7) is 0. The van der Waals surface area contributed by atoms with Crippen molar-refractivity contribution in [3.63, 3.8) is 0 Å². The van der Waals surface area contributed by atoms with Crippen LogP contribution in [-0.2, 0) is 17.6 Å². The topological polar surface area (TPSA) is 74.5 Å². The van der Waals surface area contributed by atoms with Gasteiger partial charge in [-0.3, -0.25) is 5.32 Å². The molecule has 0 atom stereocenters. The van der Waals surface area contributed by atoms with Gasteiger partial charge in [0.1, 0.15) is 5.00 Å². The molecule has 1 aromatic heterocycles. The van der Waals surface area contributed by atoms with Gasteiger partial charge in [0, 0.05) is 4.88 Å². The number of aryl methyl sites for hydroxylation is 1. The molecule has 0 fully saturated rings. The highest BCUT2D eigenvalue weighted by atomic mass is 32.2. The van der Waals surface area contributed by atoms with Crippen molar-refractivity contribution in [2.75, 3.05) is 13.4 Å². The Morgan fingerprint density at radius 1 is 1.50 bits per heavy atom. The number of ether oxygens (including phenoxy) is 1. The second-order valence-electron chi connectivity index (χ2n) is 4.24. The van der Waals surface area contributed by atoms with Crippen LogP contribution in [-0.4, -0.2) is 24.5 Å². The van der Waals surface area contributed by atoms with Gasteiger partial charge < -0.3 is 4.74 Å². The molecule has 5 nitrogen and oxygen atoms in total. The number of fused-ring (bicyclic) bond motifs is 1. The van der Waals surface area contributed by atoms with Gasteiger partial charge in [-0.1, -0.05) is 11.8 Å². The molecule has 0 radical (unpaired) electrons. The Labute approximate surface area is 126 Å². The lowest BCUT2D eigenvalue weighted by molar-refractivity contribution is 0.0601. The molecule has 1 aromatic rings. The lowest BCUT2D eigenvalue weighted by Crippen LogP contribution is -2.13. The zero-order valence-corrected chi connectivity index (χ0v) is 13.0. The summed E-state index contributed by atoms with van der Waals surface area (Å²) in [5.41, 5.74) is 1.64. The van der Waals surface area contributed by atoms with Crippen LogP contribution in [0.5, 0.6) is 0 Å². The van der Waals surface area contributed by atoms with E-state index in [1.54, 1.807) is 0 Å². The highest BCUT2D eigenvalue weighted by molar-refractivity contribution is 8.13. The monoisotopic (exact) mass is 309 g/mol. The van der Waals surface area contributed by atoms with Crippen LogP contribution in [0.1, 0.15) is 33.6 Å². The van der Waals surface area contributed by atoms with Gasteiger partial charge in [-0.05, 0) is 37.5 Å². The molecule has 7 heteroatoms. The lowest BCUT2D eigenvalue weighted by Gasteiger charge is -2.11. The molecule has 2 rings (SSSR count). The first-order valence-corrected chi connectivity index (χ1v) is 8.26. The number of carbonyl (C=O) groups excluding carboxylic acids is 1. The van der Waals surface area contributed by atoms with Crippen LogP contribution in [0.4, 0.5) is 5.00 Å². The number of rotatable bonds is 2. The fraction of sp³-hybridized carbons (Fsp3) is 0.462. The van der Waals surface area contributed by atoms with Gasteiger partial charge in [-0.15, -0.1) is 11.3 Å². The first kappa shape index (κ1) is 14.9. The molecule has 1 aliphatic carbocycles. The molecule has 1 aliphatic rings. The summed E-state index contributed by atoms with van der Waals surface area (Å²) < 4.78 is 4.88. The summed E-state index contributed by atoms with van der Waals surface area (Å²) in [5, 5.41) is 12.3. The number of thioether (sulfide) groups is 1. The van der Waals surface area contributed by atoms with Crippen LogP contribution >= 0.6 is 23.1 Å². The highest BCUT2D eigenvalue weighted by Gasteiger charge is 2.26. The fourth-order valence-electron chi connectivity index (χ4n) is 2.21. The number of hydrogen-bond acceptors (Lipinski definition) is 6. The minimum Gasteiger partial charge on any atom is -0.465 e. The largest absolute Gasteiger partial charge is 0.465 e. The maximum Gasteiger partial charge on any atom is 0.341 e. The minimum atomic E-state index is -0.347. The van der Waals surface area contributed by atoms with Gasteiger partial charge in [0.2, 0.25) is 0 Å². The van der Waals surface area contributed by atoms with Crippen LogP contribution in [0.2, 0.25) is 0 Å². The molecule has 0 amide bonds. The predicted octanol–water partition coefficient (Wildman–Crippen LogP) is 2.83. The van der Waals surface area contributed by atoms with Crippen LogP contribution in [0.25, 0.3) is 0 Å². The van der Waals surface area contributed by atoms with Crippen molar-refractivity contribution in [1.29, 1.82) is 5.26 Å². The third-order valence-corrected chi connectivity index (χ3v) is 4.87. The summed E-state index contributed by atoms with van der Waals surface area (Å²) in [7, 11) is 1.38. The molecule has 0 bridgehead atoms. The maximum atomic E-state index is 12.0. The molecule has 0 aromatic carbocycles. The summed E-state index contributed by atoms with van der Waals surface area (Å²) >= 11 is 2.86. The summed E-state index contributed by atoms with van der Waals surface area (Å²) in [4.78, 5) is 17.6. The van der Waals surface area contributed by atoms with Crippen LogP contribution in [0.15, 0.2) is 4.99 Å². The summed E-state index contributed by atoms with van der Waals surface area (Å²) in [5.74, 6) is -0.347. The molecule has 0 unspecified atom stereocenters. The van der Waals surface area contributed by atoms with Crippen molar-refractivity contribution in [2.24, 2.45) is 4.99 Å². The standard InChI is InChI=1S/C13H15N3O2S2/c1-18-12(17)10-8-5-3-4-6-9(8)20-11(10)16-13(19-2)15-7-14/h3-6H2,1-2H3,(H,15,16). The van der Waals surface area contributed by atoms with Crippen LogP contribution < -0.4 is 5.32 Å². The van der Waals surface area contributed by atoms with E-state index in [0.717, 1.165) is 31.2 Å². The molecular weight excluding hydrogens is 294 g/mol. The van der Waals surface area contributed by atoms with Crippen molar-refractivity contribution in [2.45, 2.75) is 25.7 Å². The zero-order chi connectivity index (χ0) is 14.5. The van der Waals surface area contributed by atoms with E-state index in [9.17, 15) is 4.79 Å². The molecule has 106 valence electrons. The van der Waals surface area contributed by atoms with Crippen molar-refractivity contribution < 1.29 is 9.53 Å². The van der Waals surface area contributed by atoms with Gasteiger partial charge in [-0.25, -0.2) is 9.79 Å². The fourth-order valence-corrected chi connectivity index (χ4v) is 3.85. The van der Waals surface area contributed by atoms with Crippen molar-refractivity contribution in [1.82, 2.24) is 5.32 Å². The smallest absolute Gasteiger partial charge is 0.341 e. The number of methoxy groups -OCH3 is 1. The lowest BCUT2D eigenvalue weighted by atomic mass is 9.95. The second-order valence-corrected chi connectivity index (χ2v) is 6.12. The average molecular weight is 309 g/mol. The number of carbonyl (C=O) groups is 1. The first-order valence-electron chi connectivity index (χ1n) is 6.22. The number of esters is 1. The van der Waals surface area contributed by atoms with E-state index in [0.29, 0.717) is 15.7 Å². The van der Waals surface area contributed by atoms with Gasteiger partial charge in [-0.2, -0.15) is 5.26 Å². The van der Waals surface area contributed by atoms with E-state index in [1.807, 2.05) is 12.4 Å². The highest BCUT2D eigenvalue weighted by Crippen LogP contribution is 2.40. The molecule has 1 heterocycles. The van der Waals surface area contributed by atoms with E-state index in [1.165, 1.54) is 35.1 Å². The summed E-state index contributed by atoms with van der Waals surface area (Å²) in [6, 6.07) is 0. The van der Waals surface area contributed by atoms with Crippen LogP contribution in [0.3, 0.4) is 0 Å². The third-order valence-electron chi connectivity index (χ3n) is 3.10. The van der Waals surface area contributed by atoms with E-state index in [-0.39, 0.29) is 5.97 Å². The number of amidine groups is 1. The van der Waals surface area contributed by atoms with Crippen molar-refractivity contribution >= 4 is 39.2 Å². The van der Waals surface area contributed by atoms with Crippen molar-refractivity contribution in [3.05, 3.63) is 16.0 Å². The molecule has 0 spiro atoms. The third kappa shape index (κ3) is 2.97. The second kappa shape index (κ2) is 6.77. The predicted molar refractivity (Wildman–Crippen MR) is 81.7 cm³/mol.